The third kappa shape index (κ3) is 5.78. The Morgan fingerprint density at radius 1 is 1.06 bits per heavy atom. The molecule has 0 radical (unpaired) electrons. The number of carbonyl (C=O) groups excluding carboxylic acids is 3. The molecule has 0 saturated heterocycles. The average molecular weight is 431 g/mol. The molecule has 1 aromatic heterocycles. The van der Waals surface area contributed by atoms with Gasteiger partial charge in [0, 0.05) is 16.6 Å². The Morgan fingerprint density at radius 3 is 2.53 bits per heavy atom. The van der Waals surface area contributed by atoms with Crippen LogP contribution in [0.5, 0.6) is 0 Å². The highest BCUT2D eigenvalue weighted by Crippen LogP contribution is 2.28. The highest BCUT2D eigenvalue weighted by atomic mass is 16.6. The lowest BCUT2D eigenvalue weighted by atomic mass is 10.0. The number of nitrogens with zero attached hydrogens (tertiary/aromatic N) is 1. The standard InChI is InChI=1S/C25H25N3O4/c1-5-22(29)28-20-10-6-8-16-12-13-17(14-18(16)20)19-9-7-11-21(27-19)24(31)26-15-23(30)32-25(2,3)4/h5-14H,1,15H2,2-4H3,(H,26,31)(H,28,29). The number of esters is 1. The largest absolute Gasteiger partial charge is 0.459 e. The lowest BCUT2D eigenvalue weighted by Crippen LogP contribution is -2.34. The monoisotopic (exact) mass is 431 g/mol. The summed E-state index contributed by atoms with van der Waals surface area (Å²) in [6, 6.07) is 16.4. The smallest absolute Gasteiger partial charge is 0.325 e. The van der Waals surface area contributed by atoms with E-state index in [1.165, 1.54) is 6.08 Å². The highest BCUT2D eigenvalue weighted by Gasteiger charge is 2.17. The van der Waals surface area contributed by atoms with Crippen LogP contribution in [-0.4, -0.2) is 34.9 Å². The Hall–Kier alpha value is -4.00. The lowest BCUT2D eigenvalue weighted by Gasteiger charge is -2.19. The normalized spacial score (nSPS) is 11.0. The Kier molecular flexibility index (Phi) is 6.68. The number of anilines is 1. The summed E-state index contributed by atoms with van der Waals surface area (Å²) < 4.78 is 5.19. The molecule has 0 saturated carbocycles. The number of hydrogen-bond donors (Lipinski definition) is 2. The predicted octanol–water partition coefficient (Wildman–Crippen LogP) is 4.10. The first-order chi connectivity index (χ1) is 15.2. The Bertz CT molecular complexity index is 1200. The van der Waals surface area contributed by atoms with Crippen LogP contribution in [0, 0.1) is 0 Å². The van der Waals surface area contributed by atoms with E-state index in [9.17, 15) is 14.4 Å². The molecule has 0 aliphatic carbocycles. The van der Waals surface area contributed by atoms with Crippen LogP contribution in [0.4, 0.5) is 5.69 Å². The maximum Gasteiger partial charge on any atom is 0.325 e. The Labute approximate surface area is 186 Å². The molecule has 2 aromatic carbocycles. The number of carbonyl (C=O) groups is 3. The molecular weight excluding hydrogens is 406 g/mol. The fraction of sp³-hybridized carbons (Fsp3) is 0.200. The number of rotatable bonds is 6. The topological polar surface area (TPSA) is 97.4 Å². The summed E-state index contributed by atoms with van der Waals surface area (Å²) in [7, 11) is 0. The number of nitrogens with one attached hydrogen (secondary N) is 2. The van der Waals surface area contributed by atoms with E-state index in [1.54, 1.807) is 39.0 Å². The first kappa shape index (κ1) is 22.7. The molecule has 0 fully saturated rings. The summed E-state index contributed by atoms with van der Waals surface area (Å²) in [6.45, 7) is 8.52. The number of amides is 2. The van der Waals surface area contributed by atoms with Crippen LogP contribution >= 0.6 is 0 Å². The van der Waals surface area contributed by atoms with Crippen molar-refractivity contribution in [2.75, 3.05) is 11.9 Å². The van der Waals surface area contributed by atoms with Gasteiger partial charge in [-0.05, 0) is 56.5 Å². The summed E-state index contributed by atoms with van der Waals surface area (Å²) in [6.07, 6.45) is 1.21. The maximum absolute atomic E-state index is 12.5. The van der Waals surface area contributed by atoms with Crippen LogP contribution in [-0.2, 0) is 14.3 Å². The van der Waals surface area contributed by atoms with E-state index in [-0.39, 0.29) is 18.1 Å². The zero-order valence-corrected chi connectivity index (χ0v) is 18.3. The molecule has 0 unspecified atom stereocenters. The van der Waals surface area contributed by atoms with Gasteiger partial charge >= 0.3 is 5.97 Å². The lowest BCUT2D eigenvalue weighted by molar-refractivity contribution is -0.153. The van der Waals surface area contributed by atoms with Gasteiger partial charge < -0.3 is 15.4 Å². The van der Waals surface area contributed by atoms with E-state index in [1.807, 2.05) is 36.4 Å². The van der Waals surface area contributed by atoms with Gasteiger partial charge in [-0.2, -0.15) is 0 Å². The molecule has 2 amide bonds. The number of fused-ring (bicyclic) bond motifs is 1. The van der Waals surface area contributed by atoms with Gasteiger partial charge in [0.1, 0.15) is 17.8 Å². The second-order valence-corrected chi connectivity index (χ2v) is 8.11. The maximum atomic E-state index is 12.5. The molecule has 1 heterocycles. The van der Waals surface area contributed by atoms with Crippen molar-refractivity contribution in [1.29, 1.82) is 0 Å². The van der Waals surface area contributed by atoms with Gasteiger partial charge in [-0.15, -0.1) is 0 Å². The average Bonchev–Trinajstić information content (AvgIpc) is 2.76. The van der Waals surface area contributed by atoms with Gasteiger partial charge in [-0.25, -0.2) is 4.98 Å². The number of ether oxygens (including phenoxy) is 1. The minimum Gasteiger partial charge on any atom is -0.459 e. The minimum atomic E-state index is -0.625. The van der Waals surface area contributed by atoms with E-state index >= 15 is 0 Å². The zero-order chi connectivity index (χ0) is 23.3. The van der Waals surface area contributed by atoms with Gasteiger partial charge in [0.15, 0.2) is 0 Å². The predicted molar refractivity (Wildman–Crippen MR) is 124 cm³/mol. The first-order valence-corrected chi connectivity index (χ1v) is 10.1. The Morgan fingerprint density at radius 2 is 1.81 bits per heavy atom. The second kappa shape index (κ2) is 9.43. The summed E-state index contributed by atoms with van der Waals surface area (Å²) in [5.74, 6) is -1.30. The fourth-order valence-corrected chi connectivity index (χ4v) is 3.07. The van der Waals surface area contributed by atoms with Crippen LogP contribution in [0.1, 0.15) is 31.3 Å². The number of benzene rings is 2. The number of aromatic nitrogens is 1. The van der Waals surface area contributed by atoms with Gasteiger partial charge in [0.05, 0.1) is 5.69 Å². The molecule has 0 atom stereocenters. The van der Waals surface area contributed by atoms with E-state index in [2.05, 4.69) is 22.2 Å². The first-order valence-electron chi connectivity index (χ1n) is 10.1. The molecule has 7 heteroatoms. The molecule has 0 bridgehead atoms. The Balaban J connectivity index is 1.83. The van der Waals surface area contributed by atoms with Crippen LogP contribution in [0.3, 0.4) is 0 Å². The van der Waals surface area contributed by atoms with E-state index < -0.39 is 17.5 Å². The molecule has 2 N–H and O–H groups in total. The van der Waals surface area contributed by atoms with E-state index in [0.29, 0.717) is 11.4 Å². The van der Waals surface area contributed by atoms with Crippen molar-refractivity contribution < 1.29 is 19.1 Å². The fourth-order valence-electron chi connectivity index (χ4n) is 3.07. The van der Waals surface area contributed by atoms with Gasteiger partial charge in [-0.3, -0.25) is 14.4 Å². The van der Waals surface area contributed by atoms with Crippen molar-refractivity contribution in [2.24, 2.45) is 0 Å². The summed E-state index contributed by atoms with van der Waals surface area (Å²) in [4.78, 5) is 40.5. The third-order valence-corrected chi connectivity index (χ3v) is 4.42. The third-order valence-electron chi connectivity index (χ3n) is 4.42. The number of hydrogen-bond acceptors (Lipinski definition) is 5. The molecule has 32 heavy (non-hydrogen) atoms. The van der Waals surface area contributed by atoms with Crippen molar-refractivity contribution in [3.8, 4) is 11.3 Å². The van der Waals surface area contributed by atoms with Crippen molar-refractivity contribution >= 4 is 34.2 Å². The van der Waals surface area contributed by atoms with Crippen molar-refractivity contribution in [1.82, 2.24) is 10.3 Å². The van der Waals surface area contributed by atoms with Gasteiger partial charge in [0.25, 0.3) is 5.91 Å². The molecule has 3 aromatic rings. The zero-order valence-electron chi connectivity index (χ0n) is 18.3. The van der Waals surface area contributed by atoms with Crippen LogP contribution < -0.4 is 10.6 Å². The van der Waals surface area contributed by atoms with E-state index in [0.717, 1.165) is 16.3 Å². The molecular formula is C25H25N3O4. The molecule has 0 aliphatic rings. The molecule has 0 spiro atoms. The summed E-state index contributed by atoms with van der Waals surface area (Å²) >= 11 is 0. The van der Waals surface area contributed by atoms with Crippen LogP contribution in [0.15, 0.2) is 67.3 Å². The second-order valence-electron chi connectivity index (χ2n) is 8.11. The molecule has 7 nitrogen and oxygen atoms in total. The SMILES string of the molecule is C=CC(=O)Nc1cccc2ccc(-c3cccc(C(=O)NCC(=O)OC(C)(C)C)n3)cc12. The van der Waals surface area contributed by atoms with Gasteiger partial charge in [0.2, 0.25) is 5.91 Å². The van der Waals surface area contributed by atoms with Crippen molar-refractivity contribution in [3.05, 3.63) is 72.9 Å². The van der Waals surface area contributed by atoms with Crippen LogP contribution in [0.2, 0.25) is 0 Å². The molecule has 3 rings (SSSR count). The van der Waals surface area contributed by atoms with Crippen molar-refractivity contribution in [2.45, 2.75) is 26.4 Å². The number of pyridine rings is 1. The van der Waals surface area contributed by atoms with Gasteiger partial charge in [-0.1, -0.05) is 36.9 Å². The van der Waals surface area contributed by atoms with Crippen LogP contribution in [0.25, 0.3) is 22.0 Å². The highest BCUT2D eigenvalue weighted by molar-refractivity contribution is 6.06. The molecule has 0 aliphatic heterocycles. The summed E-state index contributed by atoms with van der Waals surface area (Å²) in [5.41, 5.74) is 1.57. The summed E-state index contributed by atoms with van der Waals surface area (Å²) in [5, 5.41) is 7.12. The van der Waals surface area contributed by atoms with E-state index in [4.69, 9.17) is 4.74 Å². The van der Waals surface area contributed by atoms with Crippen molar-refractivity contribution in [3.63, 3.8) is 0 Å². The minimum absolute atomic E-state index is 0.180. The quantitative estimate of drug-likeness (QED) is 0.452. The molecule has 164 valence electrons.